The summed E-state index contributed by atoms with van der Waals surface area (Å²) in [6, 6.07) is 5.14. The van der Waals surface area contributed by atoms with E-state index in [2.05, 4.69) is 5.32 Å². The molecule has 0 spiro atoms. The summed E-state index contributed by atoms with van der Waals surface area (Å²) in [5.41, 5.74) is 6.31. The molecule has 1 aromatic carbocycles. The fourth-order valence-corrected chi connectivity index (χ4v) is 2.64. The lowest BCUT2D eigenvalue weighted by atomic mass is 9.70. The maximum atomic E-state index is 11.9. The molecule has 1 amide bonds. The summed E-state index contributed by atoms with van der Waals surface area (Å²) >= 11 is 5.99. The van der Waals surface area contributed by atoms with Crippen molar-refractivity contribution in [1.82, 2.24) is 0 Å². The minimum absolute atomic E-state index is 0.403. The molecule has 1 fully saturated rings. The molecule has 0 heterocycles. The molecule has 0 bridgehead atoms. The number of halogens is 1. The fraction of sp³-hybridized carbons (Fsp3) is 0.533. The lowest BCUT2D eigenvalue weighted by molar-refractivity contribution is 0.0213. The topological polar surface area (TPSA) is 84.6 Å². The first-order valence-corrected chi connectivity index (χ1v) is 7.24. The highest BCUT2D eigenvalue weighted by Gasteiger charge is 2.43. The van der Waals surface area contributed by atoms with Crippen molar-refractivity contribution in [3.8, 4) is 0 Å². The molecule has 0 atom stereocenters. The minimum Gasteiger partial charge on any atom is -0.444 e. The van der Waals surface area contributed by atoms with Gasteiger partial charge in [0.15, 0.2) is 0 Å². The Morgan fingerprint density at radius 3 is 2.62 bits per heavy atom. The van der Waals surface area contributed by atoms with E-state index in [1.165, 1.54) is 0 Å². The normalized spacial score (nSPS) is 25.1. The third-order valence-electron chi connectivity index (χ3n) is 3.35. The zero-order chi connectivity index (χ0) is 15.8. The van der Waals surface area contributed by atoms with Gasteiger partial charge in [0.25, 0.3) is 0 Å². The number of benzene rings is 1. The average Bonchev–Trinajstić information content (AvgIpc) is 2.23. The lowest BCUT2D eigenvalue weighted by Crippen LogP contribution is -2.52. The zero-order valence-corrected chi connectivity index (χ0v) is 13.2. The van der Waals surface area contributed by atoms with Crippen molar-refractivity contribution in [2.75, 3.05) is 5.32 Å². The van der Waals surface area contributed by atoms with Crippen molar-refractivity contribution in [3.63, 3.8) is 0 Å². The van der Waals surface area contributed by atoms with Gasteiger partial charge in [0.1, 0.15) is 5.60 Å². The van der Waals surface area contributed by atoms with Crippen LogP contribution in [0.4, 0.5) is 10.5 Å². The van der Waals surface area contributed by atoms with E-state index in [1.807, 2.05) is 0 Å². The molecular formula is C15H21ClN2O3. The quantitative estimate of drug-likeness (QED) is 0.783. The zero-order valence-electron chi connectivity index (χ0n) is 12.4. The molecule has 0 aromatic heterocycles. The Kier molecular flexibility index (Phi) is 4.19. The Bertz CT molecular complexity index is 548. The lowest BCUT2D eigenvalue weighted by Gasteiger charge is -2.43. The van der Waals surface area contributed by atoms with Gasteiger partial charge in [-0.1, -0.05) is 17.7 Å². The van der Waals surface area contributed by atoms with Crippen LogP contribution in [0.2, 0.25) is 5.02 Å². The SMILES string of the molecule is CC(C)(C)OC(=O)Nc1cc(Cl)ccc1C1(N)CC(O)C1. The summed E-state index contributed by atoms with van der Waals surface area (Å²) in [5.74, 6) is 0. The van der Waals surface area contributed by atoms with Crippen molar-refractivity contribution in [2.24, 2.45) is 5.73 Å². The molecule has 21 heavy (non-hydrogen) atoms. The summed E-state index contributed by atoms with van der Waals surface area (Å²) in [7, 11) is 0. The number of anilines is 1. The highest BCUT2D eigenvalue weighted by atomic mass is 35.5. The van der Waals surface area contributed by atoms with Gasteiger partial charge in [-0.15, -0.1) is 0 Å². The number of rotatable bonds is 2. The largest absolute Gasteiger partial charge is 0.444 e. The number of carbonyl (C=O) groups is 1. The van der Waals surface area contributed by atoms with Crippen molar-refractivity contribution in [3.05, 3.63) is 28.8 Å². The van der Waals surface area contributed by atoms with Crippen LogP contribution in [0.3, 0.4) is 0 Å². The second-order valence-electron chi connectivity index (χ2n) is 6.54. The third kappa shape index (κ3) is 3.87. The molecule has 4 N–H and O–H groups in total. The van der Waals surface area contributed by atoms with Crippen LogP contribution in [-0.4, -0.2) is 22.9 Å². The maximum Gasteiger partial charge on any atom is 0.412 e. The standard InChI is InChI=1S/C15H21ClN2O3/c1-14(2,3)21-13(20)18-12-6-9(16)4-5-11(12)15(17)7-10(19)8-15/h4-6,10,19H,7-8,17H2,1-3H3,(H,18,20). The molecule has 5 nitrogen and oxygen atoms in total. The van der Waals surface area contributed by atoms with Gasteiger partial charge in [-0.3, -0.25) is 5.32 Å². The molecule has 6 heteroatoms. The summed E-state index contributed by atoms with van der Waals surface area (Å²) in [4.78, 5) is 11.9. The van der Waals surface area contributed by atoms with E-state index in [4.69, 9.17) is 22.1 Å². The predicted octanol–water partition coefficient (Wildman–Crippen LogP) is 3.00. The van der Waals surface area contributed by atoms with Crippen LogP contribution in [0.1, 0.15) is 39.2 Å². The third-order valence-corrected chi connectivity index (χ3v) is 3.59. The van der Waals surface area contributed by atoms with E-state index in [1.54, 1.807) is 39.0 Å². The number of hydrogen-bond donors (Lipinski definition) is 3. The number of nitrogens with two attached hydrogens (primary N) is 1. The second-order valence-corrected chi connectivity index (χ2v) is 6.97. The Hall–Kier alpha value is -1.30. The average molecular weight is 313 g/mol. The van der Waals surface area contributed by atoms with Crippen LogP contribution in [-0.2, 0) is 10.3 Å². The highest BCUT2D eigenvalue weighted by Crippen LogP contribution is 2.42. The molecule has 116 valence electrons. The fourth-order valence-electron chi connectivity index (χ4n) is 2.47. The minimum atomic E-state index is -0.644. The number of nitrogens with one attached hydrogen (secondary N) is 1. The first-order valence-electron chi connectivity index (χ1n) is 6.86. The molecule has 1 aliphatic carbocycles. The van der Waals surface area contributed by atoms with Gasteiger partial charge in [0, 0.05) is 10.6 Å². The van der Waals surface area contributed by atoms with Gasteiger partial charge in [-0.05, 0) is 51.3 Å². The Labute approximate surface area is 129 Å². The maximum absolute atomic E-state index is 11.9. The first kappa shape index (κ1) is 16.1. The van der Waals surface area contributed by atoms with E-state index in [9.17, 15) is 9.90 Å². The van der Waals surface area contributed by atoms with Crippen LogP contribution in [0.5, 0.6) is 0 Å². The molecule has 2 rings (SSSR count). The van der Waals surface area contributed by atoms with Crippen molar-refractivity contribution >= 4 is 23.4 Å². The van der Waals surface area contributed by atoms with E-state index >= 15 is 0 Å². The summed E-state index contributed by atoms with van der Waals surface area (Å²) in [5, 5.41) is 12.7. The van der Waals surface area contributed by atoms with E-state index in [0.29, 0.717) is 23.6 Å². The van der Waals surface area contributed by atoms with Crippen molar-refractivity contribution in [2.45, 2.75) is 50.9 Å². The number of amides is 1. The molecular weight excluding hydrogens is 292 g/mol. The number of aliphatic hydroxyl groups excluding tert-OH is 1. The highest BCUT2D eigenvalue weighted by molar-refractivity contribution is 6.31. The van der Waals surface area contributed by atoms with Gasteiger partial charge in [-0.2, -0.15) is 0 Å². The van der Waals surface area contributed by atoms with Gasteiger partial charge in [-0.25, -0.2) is 4.79 Å². The van der Waals surface area contributed by atoms with Crippen LogP contribution in [0, 0.1) is 0 Å². The van der Waals surface area contributed by atoms with E-state index in [0.717, 1.165) is 5.56 Å². The summed E-state index contributed by atoms with van der Waals surface area (Å²) < 4.78 is 5.24. The smallest absolute Gasteiger partial charge is 0.412 e. The number of hydrogen-bond acceptors (Lipinski definition) is 4. The molecule has 0 unspecified atom stereocenters. The van der Waals surface area contributed by atoms with Crippen molar-refractivity contribution < 1.29 is 14.6 Å². The van der Waals surface area contributed by atoms with Crippen molar-refractivity contribution in [1.29, 1.82) is 0 Å². The molecule has 1 aliphatic rings. The molecule has 1 aromatic rings. The van der Waals surface area contributed by atoms with E-state index < -0.39 is 23.3 Å². The number of aliphatic hydroxyl groups is 1. The molecule has 1 saturated carbocycles. The van der Waals surface area contributed by atoms with Crippen LogP contribution < -0.4 is 11.1 Å². The number of ether oxygens (including phenoxy) is 1. The Morgan fingerprint density at radius 2 is 2.10 bits per heavy atom. The summed E-state index contributed by atoms with van der Waals surface area (Å²) in [6.45, 7) is 5.37. The van der Waals surface area contributed by atoms with Gasteiger partial charge in [0.2, 0.25) is 0 Å². The Morgan fingerprint density at radius 1 is 1.48 bits per heavy atom. The molecule has 0 aliphatic heterocycles. The van der Waals surface area contributed by atoms with Crippen LogP contribution in [0.15, 0.2) is 18.2 Å². The summed E-state index contributed by atoms with van der Waals surface area (Å²) in [6.07, 6.45) is -0.0514. The monoisotopic (exact) mass is 312 g/mol. The molecule has 0 saturated heterocycles. The van der Waals surface area contributed by atoms with Crippen LogP contribution >= 0.6 is 11.6 Å². The van der Waals surface area contributed by atoms with Gasteiger partial charge < -0.3 is 15.6 Å². The number of carbonyl (C=O) groups excluding carboxylic acids is 1. The Balaban J connectivity index is 2.22. The first-order chi connectivity index (χ1) is 9.59. The van der Waals surface area contributed by atoms with Gasteiger partial charge >= 0.3 is 6.09 Å². The predicted molar refractivity (Wildman–Crippen MR) is 82.4 cm³/mol. The van der Waals surface area contributed by atoms with Crippen LogP contribution in [0.25, 0.3) is 0 Å². The van der Waals surface area contributed by atoms with E-state index in [-0.39, 0.29) is 0 Å². The van der Waals surface area contributed by atoms with Gasteiger partial charge in [0.05, 0.1) is 11.8 Å². The second kappa shape index (κ2) is 5.48. The molecule has 0 radical (unpaired) electrons.